The number of ether oxygens (including phenoxy) is 1. The summed E-state index contributed by atoms with van der Waals surface area (Å²) < 4.78 is 12.9. The molecule has 4 N–H and O–H groups in total. The maximum Gasteiger partial charge on any atom is 0.199 e. The van der Waals surface area contributed by atoms with Gasteiger partial charge in [0.25, 0.3) is 0 Å². The summed E-state index contributed by atoms with van der Waals surface area (Å²) in [5.74, 6) is 1.36. The van der Waals surface area contributed by atoms with Gasteiger partial charge in [0.05, 0.1) is 25.1 Å². The van der Waals surface area contributed by atoms with Crippen LogP contribution in [0.4, 0.5) is 5.82 Å². The van der Waals surface area contributed by atoms with Crippen LogP contribution in [-0.2, 0) is 6.54 Å². The van der Waals surface area contributed by atoms with Crippen LogP contribution in [0.3, 0.4) is 0 Å². The van der Waals surface area contributed by atoms with E-state index in [9.17, 15) is 0 Å². The molecule has 4 rings (SSSR count). The van der Waals surface area contributed by atoms with Gasteiger partial charge in [0, 0.05) is 18.7 Å². The van der Waals surface area contributed by atoms with Gasteiger partial charge in [0.2, 0.25) is 0 Å². The van der Waals surface area contributed by atoms with Gasteiger partial charge in [-0.2, -0.15) is 0 Å². The molecule has 10 nitrogen and oxygen atoms in total. The van der Waals surface area contributed by atoms with Crippen LogP contribution in [0.5, 0.6) is 5.75 Å². The van der Waals surface area contributed by atoms with Crippen LogP contribution in [0, 0.1) is 0 Å². The molecule has 0 fully saturated rings. The summed E-state index contributed by atoms with van der Waals surface area (Å²) in [5, 5.41) is 19.6. The minimum absolute atomic E-state index is 0.116. The fourth-order valence-corrected chi connectivity index (χ4v) is 3.45. The molecule has 162 valence electrons. The topological polar surface area (TPSA) is 137 Å². The highest BCUT2D eigenvalue weighted by atomic mass is 16.6. The second-order valence-electron chi connectivity index (χ2n) is 6.89. The molecular formula is C21H25N7O3. The molecule has 10 heteroatoms. The number of hydrogen-bond donors (Lipinski definition) is 3. The van der Waals surface area contributed by atoms with Crippen LogP contribution >= 0.6 is 0 Å². The van der Waals surface area contributed by atoms with E-state index in [4.69, 9.17) is 25.2 Å². The first-order valence-corrected chi connectivity index (χ1v) is 10.2. The van der Waals surface area contributed by atoms with Gasteiger partial charge in [0.15, 0.2) is 23.1 Å². The van der Waals surface area contributed by atoms with Crippen molar-refractivity contribution in [1.82, 2.24) is 30.2 Å². The third-order valence-corrected chi connectivity index (χ3v) is 4.87. The highest BCUT2D eigenvalue weighted by Crippen LogP contribution is 2.36. The third kappa shape index (κ3) is 4.21. The summed E-state index contributed by atoms with van der Waals surface area (Å²) in [6, 6.07) is 9.87. The molecule has 0 spiro atoms. The molecule has 0 bridgehead atoms. The van der Waals surface area contributed by atoms with Gasteiger partial charge in [-0.05, 0) is 30.2 Å². The number of rotatable bonds is 10. The second-order valence-corrected chi connectivity index (χ2v) is 6.89. The Hall–Kier alpha value is -3.50. The van der Waals surface area contributed by atoms with E-state index in [0.717, 1.165) is 29.7 Å². The Labute approximate surface area is 179 Å². The molecule has 4 aromatic rings. The van der Waals surface area contributed by atoms with E-state index in [1.54, 1.807) is 6.20 Å². The lowest BCUT2D eigenvalue weighted by atomic mass is 10.1. The van der Waals surface area contributed by atoms with Gasteiger partial charge in [-0.1, -0.05) is 30.3 Å². The number of hydrogen-bond acceptors (Lipinski definition) is 9. The SMILES string of the molecule is CCn1c(-c2nonc2N)nc2c(-c3ccccc3)ncc(OCCCNCCO)c21. The average Bonchev–Trinajstić information content (AvgIpc) is 3.39. The van der Waals surface area contributed by atoms with Crippen LogP contribution in [-0.4, -0.2) is 56.3 Å². The largest absolute Gasteiger partial charge is 0.490 e. The number of nitrogens with one attached hydrogen (secondary N) is 1. The van der Waals surface area contributed by atoms with Crippen molar-refractivity contribution in [2.45, 2.75) is 19.9 Å². The molecule has 0 aliphatic rings. The number of anilines is 1. The molecule has 0 atom stereocenters. The van der Waals surface area contributed by atoms with Gasteiger partial charge in [-0.3, -0.25) is 0 Å². The molecule has 0 saturated heterocycles. The molecule has 0 unspecified atom stereocenters. The number of nitrogen functional groups attached to an aromatic ring is 1. The van der Waals surface area contributed by atoms with Crippen LogP contribution in [0.25, 0.3) is 33.8 Å². The van der Waals surface area contributed by atoms with Gasteiger partial charge >= 0.3 is 0 Å². The van der Waals surface area contributed by atoms with Gasteiger partial charge in [-0.25, -0.2) is 14.6 Å². The fourth-order valence-electron chi connectivity index (χ4n) is 3.45. The monoisotopic (exact) mass is 423 g/mol. The minimum Gasteiger partial charge on any atom is -0.490 e. The molecule has 0 radical (unpaired) electrons. The number of imidazole rings is 1. The molecule has 1 aromatic carbocycles. The molecular weight excluding hydrogens is 398 g/mol. The summed E-state index contributed by atoms with van der Waals surface area (Å²) in [4.78, 5) is 9.49. The first-order valence-electron chi connectivity index (χ1n) is 10.2. The molecule has 3 aromatic heterocycles. The highest BCUT2D eigenvalue weighted by Gasteiger charge is 2.23. The second kappa shape index (κ2) is 9.54. The third-order valence-electron chi connectivity index (χ3n) is 4.87. The Morgan fingerprint density at radius 2 is 2.00 bits per heavy atom. The average molecular weight is 423 g/mol. The van der Waals surface area contributed by atoms with E-state index >= 15 is 0 Å². The van der Waals surface area contributed by atoms with Crippen molar-refractivity contribution >= 4 is 16.9 Å². The number of nitrogens with two attached hydrogens (primary N) is 1. The quantitative estimate of drug-likeness (QED) is 0.327. The molecule has 3 heterocycles. The number of benzene rings is 1. The number of aromatic nitrogens is 5. The zero-order valence-corrected chi connectivity index (χ0v) is 17.3. The summed E-state index contributed by atoms with van der Waals surface area (Å²) in [6.07, 6.45) is 2.52. The predicted molar refractivity (Wildman–Crippen MR) is 116 cm³/mol. The lowest BCUT2D eigenvalue weighted by Gasteiger charge is -2.12. The first-order chi connectivity index (χ1) is 15.2. The fraction of sp³-hybridized carbons (Fsp3) is 0.333. The lowest BCUT2D eigenvalue weighted by Crippen LogP contribution is -2.21. The Kier molecular flexibility index (Phi) is 6.39. The van der Waals surface area contributed by atoms with Crippen molar-refractivity contribution in [2.75, 3.05) is 32.0 Å². The van der Waals surface area contributed by atoms with E-state index in [1.807, 2.05) is 41.8 Å². The molecule has 31 heavy (non-hydrogen) atoms. The minimum atomic E-state index is 0.116. The van der Waals surface area contributed by atoms with E-state index in [-0.39, 0.29) is 12.4 Å². The Bertz CT molecular complexity index is 1140. The van der Waals surface area contributed by atoms with E-state index in [2.05, 4.69) is 20.6 Å². The van der Waals surface area contributed by atoms with Crippen LogP contribution in [0.15, 0.2) is 41.2 Å². The van der Waals surface area contributed by atoms with Gasteiger partial charge in [-0.15, -0.1) is 0 Å². The van der Waals surface area contributed by atoms with Crippen LogP contribution < -0.4 is 15.8 Å². The number of fused-ring (bicyclic) bond motifs is 1. The van der Waals surface area contributed by atoms with Crippen molar-refractivity contribution in [2.24, 2.45) is 0 Å². The molecule has 0 amide bonds. The summed E-state index contributed by atoms with van der Waals surface area (Å²) >= 11 is 0. The number of aliphatic hydroxyl groups excluding tert-OH is 1. The van der Waals surface area contributed by atoms with E-state index in [1.165, 1.54) is 0 Å². The van der Waals surface area contributed by atoms with Crippen molar-refractivity contribution in [3.05, 3.63) is 36.5 Å². The zero-order valence-electron chi connectivity index (χ0n) is 17.3. The first kappa shape index (κ1) is 20.8. The zero-order chi connectivity index (χ0) is 21.6. The summed E-state index contributed by atoms with van der Waals surface area (Å²) in [7, 11) is 0. The smallest absolute Gasteiger partial charge is 0.199 e. The highest BCUT2D eigenvalue weighted by molar-refractivity contribution is 5.95. The van der Waals surface area contributed by atoms with Crippen molar-refractivity contribution < 1.29 is 14.5 Å². The number of aliphatic hydroxyl groups is 1. The molecule has 0 saturated carbocycles. The maximum absolute atomic E-state index is 8.86. The predicted octanol–water partition coefficient (Wildman–Crippen LogP) is 2.10. The number of pyridine rings is 1. The Morgan fingerprint density at radius 3 is 2.71 bits per heavy atom. The van der Waals surface area contributed by atoms with Crippen LogP contribution in [0.2, 0.25) is 0 Å². The van der Waals surface area contributed by atoms with E-state index < -0.39 is 0 Å². The summed E-state index contributed by atoms with van der Waals surface area (Å²) in [5.41, 5.74) is 9.55. The van der Waals surface area contributed by atoms with E-state index in [0.29, 0.717) is 42.5 Å². The number of nitrogens with zero attached hydrogens (tertiary/aromatic N) is 5. The maximum atomic E-state index is 8.86. The van der Waals surface area contributed by atoms with Crippen LogP contribution in [0.1, 0.15) is 13.3 Å². The molecule has 0 aliphatic carbocycles. The van der Waals surface area contributed by atoms with Crippen molar-refractivity contribution in [3.8, 4) is 28.5 Å². The molecule has 0 aliphatic heterocycles. The lowest BCUT2D eigenvalue weighted by molar-refractivity contribution is 0.282. The van der Waals surface area contributed by atoms with Crippen molar-refractivity contribution in [1.29, 1.82) is 0 Å². The van der Waals surface area contributed by atoms with Crippen molar-refractivity contribution in [3.63, 3.8) is 0 Å². The Balaban J connectivity index is 1.78. The summed E-state index contributed by atoms with van der Waals surface area (Å²) in [6.45, 7) is 4.56. The standard InChI is InChI=1S/C21H25N7O3/c1-2-28-19-15(30-12-6-9-23-10-11-29)13-24-16(14-7-4-3-5-8-14)17(19)25-21(28)18-20(22)27-31-26-18/h3-5,7-8,13,23,29H,2,6,9-12H2,1H3,(H2,22,27). The Morgan fingerprint density at radius 1 is 1.16 bits per heavy atom. The number of aryl methyl sites for hydroxylation is 1. The normalized spacial score (nSPS) is 11.3. The van der Waals surface area contributed by atoms with Gasteiger partial charge in [0.1, 0.15) is 11.0 Å². The van der Waals surface area contributed by atoms with Gasteiger partial charge < -0.3 is 25.5 Å².